The van der Waals surface area contributed by atoms with Gasteiger partial charge in [0.2, 0.25) is 0 Å². The van der Waals surface area contributed by atoms with Crippen LogP contribution in [0, 0.1) is 25.2 Å². The second kappa shape index (κ2) is 7.79. The molecule has 25 heavy (non-hydrogen) atoms. The third-order valence-electron chi connectivity index (χ3n) is 3.64. The normalized spacial score (nSPS) is 10.7. The van der Waals surface area contributed by atoms with Crippen molar-refractivity contribution in [1.29, 1.82) is 5.26 Å². The van der Waals surface area contributed by atoms with Gasteiger partial charge in [0.05, 0.1) is 5.56 Å². The average Bonchev–Trinajstić information content (AvgIpc) is 2.59. The van der Waals surface area contributed by atoms with Gasteiger partial charge in [-0.1, -0.05) is 6.07 Å². The maximum absolute atomic E-state index is 12.1. The Morgan fingerprint density at radius 1 is 1.04 bits per heavy atom. The molecule has 2 rings (SSSR count). The SMILES string of the molecule is Cc1ccc(N/C=C(/C#N)C(=O)Nc2ccc(C(=O)O)cc2)cc1C. The Morgan fingerprint density at radius 3 is 2.24 bits per heavy atom. The molecule has 6 nitrogen and oxygen atoms in total. The molecule has 6 heteroatoms. The second-order valence-electron chi connectivity index (χ2n) is 5.45. The van der Waals surface area contributed by atoms with Crippen LogP contribution in [0.15, 0.2) is 54.2 Å². The number of hydrogen-bond donors (Lipinski definition) is 3. The number of carboxylic acid groups (broad SMARTS) is 1. The molecule has 1 amide bonds. The molecule has 0 saturated heterocycles. The number of carbonyl (C=O) groups excluding carboxylic acids is 1. The van der Waals surface area contributed by atoms with Gasteiger partial charge in [0.25, 0.3) is 5.91 Å². The molecule has 0 aliphatic rings. The molecule has 0 heterocycles. The molecule has 2 aromatic carbocycles. The van der Waals surface area contributed by atoms with Crippen molar-refractivity contribution in [3.63, 3.8) is 0 Å². The van der Waals surface area contributed by atoms with E-state index in [-0.39, 0.29) is 11.1 Å². The summed E-state index contributed by atoms with van der Waals surface area (Å²) in [7, 11) is 0. The number of carbonyl (C=O) groups is 2. The second-order valence-corrected chi connectivity index (χ2v) is 5.45. The number of aryl methyl sites for hydroxylation is 2. The Morgan fingerprint density at radius 2 is 1.68 bits per heavy atom. The Bertz CT molecular complexity index is 878. The van der Waals surface area contributed by atoms with E-state index >= 15 is 0 Å². The summed E-state index contributed by atoms with van der Waals surface area (Å²) in [6.07, 6.45) is 1.34. The molecule has 0 fully saturated rings. The Hall–Kier alpha value is -3.59. The summed E-state index contributed by atoms with van der Waals surface area (Å²) in [5.74, 6) is -1.63. The fourth-order valence-electron chi connectivity index (χ4n) is 2.03. The van der Waals surface area contributed by atoms with Crippen LogP contribution in [-0.2, 0) is 4.79 Å². The third kappa shape index (κ3) is 4.69. The summed E-state index contributed by atoms with van der Waals surface area (Å²) in [6, 6.07) is 13.2. The van der Waals surface area contributed by atoms with Gasteiger partial charge in [0.15, 0.2) is 0 Å². The monoisotopic (exact) mass is 335 g/mol. The van der Waals surface area contributed by atoms with Crippen molar-refractivity contribution >= 4 is 23.3 Å². The minimum Gasteiger partial charge on any atom is -0.478 e. The van der Waals surface area contributed by atoms with Gasteiger partial charge in [-0.3, -0.25) is 4.79 Å². The maximum atomic E-state index is 12.1. The quantitative estimate of drug-likeness (QED) is 0.573. The smallest absolute Gasteiger partial charge is 0.335 e. The van der Waals surface area contributed by atoms with Gasteiger partial charge in [0.1, 0.15) is 11.6 Å². The third-order valence-corrected chi connectivity index (χ3v) is 3.64. The van der Waals surface area contributed by atoms with E-state index in [1.807, 2.05) is 38.1 Å². The van der Waals surface area contributed by atoms with Crippen LogP contribution in [0.1, 0.15) is 21.5 Å². The number of hydrogen-bond acceptors (Lipinski definition) is 4. The van der Waals surface area contributed by atoms with Crippen molar-refractivity contribution < 1.29 is 14.7 Å². The lowest BCUT2D eigenvalue weighted by molar-refractivity contribution is -0.112. The van der Waals surface area contributed by atoms with Gasteiger partial charge in [-0.05, 0) is 61.4 Å². The lowest BCUT2D eigenvalue weighted by Gasteiger charge is -2.07. The molecule has 0 atom stereocenters. The van der Waals surface area contributed by atoms with Crippen LogP contribution < -0.4 is 10.6 Å². The molecule has 2 aromatic rings. The highest BCUT2D eigenvalue weighted by molar-refractivity contribution is 6.06. The van der Waals surface area contributed by atoms with Gasteiger partial charge in [-0.2, -0.15) is 5.26 Å². The maximum Gasteiger partial charge on any atom is 0.335 e. The number of nitriles is 1. The number of nitrogens with one attached hydrogen (secondary N) is 2. The molecule has 0 spiro atoms. The predicted molar refractivity (Wildman–Crippen MR) is 95.3 cm³/mol. The Kier molecular flexibility index (Phi) is 5.54. The predicted octanol–water partition coefficient (Wildman–Crippen LogP) is 3.46. The molecule has 0 radical (unpaired) electrons. The van der Waals surface area contributed by atoms with Gasteiger partial charge in [-0.15, -0.1) is 0 Å². The van der Waals surface area contributed by atoms with E-state index in [1.54, 1.807) is 0 Å². The van der Waals surface area contributed by atoms with Crippen molar-refractivity contribution in [2.24, 2.45) is 0 Å². The summed E-state index contributed by atoms with van der Waals surface area (Å²) in [5.41, 5.74) is 3.44. The first-order valence-electron chi connectivity index (χ1n) is 7.49. The summed E-state index contributed by atoms with van der Waals surface area (Å²) in [6.45, 7) is 3.97. The summed E-state index contributed by atoms with van der Waals surface area (Å²) < 4.78 is 0. The van der Waals surface area contributed by atoms with Gasteiger partial charge in [0, 0.05) is 17.6 Å². The number of carboxylic acids is 1. The molecule has 0 bridgehead atoms. The van der Waals surface area contributed by atoms with Crippen LogP contribution in [0.2, 0.25) is 0 Å². The zero-order chi connectivity index (χ0) is 18.4. The molecular weight excluding hydrogens is 318 g/mol. The number of nitrogens with zero attached hydrogens (tertiary/aromatic N) is 1. The van der Waals surface area contributed by atoms with Gasteiger partial charge >= 0.3 is 5.97 Å². The zero-order valence-electron chi connectivity index (χ0n) is 13.8. The van der Waals surface area contributed by atoms with Crippen LogP contribution >= 0.6 is 0 Å². The molecule has 0 saturated carbocycles. The average molecular weight is 335 g/mol. The summed E-state index contributed by atoms with van der Waals surface area (Å²) in [5, 5.41) is 23.5. The summed E-state index contributed by atoms with van der Waals surface area (Å²) in [4.78, 5) is 23.0. The van der Waals surface area contributed by atoms with Crippen LogP contribution in [0.3, 0.4) is 0 Å². The van der Waals surface area contributed by atoms with E-state index in [2.05, 4.69) is 10.6 Å². The first kappa shape index (κ1) is 17.8. The molecule has 3 N–H and O–H groups in total. The van der Waals surface area contributed by atoms with Crippen LogP contribution in [0.5, 0.6) is 0 Å². The van der Waals surface area contributed by atoms with E-state index in [9.17, 15) is 14.9 Å². The largest absolute Gasteiger partial charge is 0.478 e. The first-order valence-corrected chi connectivity index (χ1v) is 7.49. The Balaban J connectivity index is 2.08. The van der Waals surface area contributed by atoms with Crippen LogP contribution in [0.4, 0.5) is 11.4 Å². The highest BCUT2D eigenvalue weighted by atomic mass is 16.4. The van der Waals surface area contributed by atoms with E-state index in [1.165, 1.54) is 30.5 Å². The molecule has 0 aliphatic carbocycles. The van der Waals surface area contributed by atoms with E-state index in [4.69, 9.17) is 5.11 Å². The number of aromatic carboxylic acids is 1. The van der Waals surface area contributed by atoms with Crippen molar-refractivity contribution in [3.05, 3.63) is 70.9 Å². The lowest BCUT2D eigenvalue weighted by atomic mass is 10.1. The molecule has 0 aromatic heterocycles. The number of rotatable bonds is 5. The van der Waals surface area contributed by atoms with Crippen LogP contribution in [0.25, 0.3) is 0 Å². The van der Waals surface area contributed by atoms with Gasteiger partial charge in [-0.25, -0.2) is 4.79 Å². The topological polar surface area (TPSA) is 102 Å². The van der Waals surface area contributed by atoms with E-state index in [0.29, 0.717) is 5.69 Å². The van der Waals surface area contributed by atoms with Gasteiger partial charge < -0.3 is 15.7 Å². The number of amides is 1. The highest BCUT2D eigenvalue weighted by Gasteiger charge is 2.10. The minimum absolute atomic E-state index is 0.0967. The lowest BCUT2D eigenvalue weighted by Crippen LogP contribution is -2.14. The summed E-state index contributed by atoms with van der Waals surface area (Å²) >= 11 is 0. The standard InChI is InChI=1S/C19H17N3O3/c1-12-3-6-17(9-13(12)2)21-11-15(10-20)18(23)22-16-7-4-14(5-8-16)19(24)25/h3-9,11,21H,1-2H3,(H,22,23)(H,24,25)/b15-11-. The number of anilines is 2. The van der Waals surface area contributed by atoms with Crippen LogP contribution in [-0.4, -0.2) is 17.0 Å². The Labute approximate surface area is 145 Å². The molecule has 0 aliphatic heterocycles. The van der Waals surface area contributed by atoms with Crippen molar-refractivity contribution in [2.75, 3.05) is 10.6 Å². The van der Waals surface area contributed by atoms with Crippen molar-refractivity contribution in [1.82, 2.24) is 0 Å². The first-order chi connectivity index (χ1) is 11.9. The fraction of sp³-hybridized carbons (Fsp3) is 0.105. The fourth-order valence-corrected chi connectivity index (χ4v) is 2.03. The zero-order valence-corrected chi connectivity index (χ0v) is 13.8. The van der Waals surface area contributed by atoms with E-state index < -0.39 is 11.9 Å². The molecule has 126 valence electrons. The van der Waals surface area contributed by atoms with E-state index in [0.717, 1.165) is 16.8 Å². The van der Waals surface area contributed by atoms with Crippen molar-refractivity contribution in [3.8, 4) is 6.07 Å². The van der Waals surface area contributed by atoms with Crippen molar-refractivity contribution in [2.45, 2.75) is 13.8 Å². The molecular formula is C19H17N3O3. The molecule has 0 unspecified atom stereocenters. The highest BCUT2D eigenvalue weighted by Crippen LogP contribution is 2.15. The minimum atomic E-state index is -1.05. The number of benzene rings is 2.